The molecule has 6 nitrogen and oxygen atoms in total. The SMILES string of the molecule is CCC1CCC2(CC1)NC(=O)N(CC(=O)N(Cc1cccs1)c1ccc(F)cc1)C2=O. The first-order valence-corrected chi connectivity index (χ1v) is 11.5. The predicted octanol–water partition coefficient (Wildman–Crippen LogP) is 4.31. The van der Waals surface area contributed by atoms with Gasteiger partial charge in [-0.25, -0.2) is 9.18 Å². The van der Waals surface area contributed by atoms with Crippen molar-refractivity contribution >= 4 is 34.9 Å². The monoisotopic (exact) mass is 443 g/mol. The first-order valence-electron chi connectivity index (χ1n) is 10.6. The van der Waals surface area contributed by atoms with Crippen LogP contribution in [-0.2, 0) is 16.1 Å². The van der Waals surface area contributed by atoms with Crippen molar-refractivity contribution in [2.45, 2.75) is 51.1 Å². The third-order valence-electron chi connectivity index (χ3n) is 6.41. The zero-order valence-electron chi connectivity index (χ0n) is 17.5. The molecule has 0 radical (unpaired) electrons. The van der Waals surface area contributed by atoms with E-state index in [1.165, 1.54) is 40.5 Å². The summed E-state index contributed by atoms with van der Waals surface area (Å²) < 4.78 is 13.4. The Kier molecular flexibility index (Phi) is 6.09. The van der Waals surface area contributed by atoms with Crippen LogP contribution in [0.25, 0.3) is 0 Å². The number of amides is 4. The van der Waals surface area contributed by atoms with E-state index >= 15 is 0 Å². The number of hydrogen-bond donors (Lipinski definition) is 1. The third kappa shape index (κ3) is 4.35. The van der Waals surface area contributed by atoms with Crippen molar-refractivity contribution in [1.29, 1.82) is 0 Å². The zero-order valence-corrected chi connectivity index (χ0v) is 18.3. The number of urea groups is 1. The maximum Gasteiger partial charge on any atom is 0.325 e. The number of nitrogens with zero attached hydrogens (tertiary/aromatic N) is 2. The first-order chi connectivity index (χ1) is 14.9. The quantitative estimate of drug-likeness (QED) is 0.677. The van der Waals surface area contributed by atoms with E-state index in [0.717, 1.165) is 29.0 Å². The van der Waals surface area contributed by atoms with E-state index in [9.17, 15) is 18.8 Å². The summed E-state index contributed by atoms with van der Waals surface area (Å²) in [4.78, 5) is 42.5. The molecule has 2 aliphatic rings. The highest BCUT2D eigenvalue weighted by atomic mass is 32.1. The summed E-state index contributed by atoms with van der Waals surface area (Å²) in [6.07, 6.45) is 4.07. The summed E-state index contributed by atoms with van der Waals surface area (Å²) in [7, 11) is 0. The zero-order chi connectivity index (χ0) is 22.0. The molecule has 1 N–H and O–H groups in total. The van der Waals surface area contributed by atoms with E-state index in [1.807, 2.05) is 17.5 Å². The van der Waals surface area contributed by atoms with Crippen LogP contribution in [0, 0.1) is 11.7 Å². The van der Waals surface area contributed by atoms with Crippen molar-refractivity contribution in [2.24, 2.45) is 5.92 Å². The highest BCUT2D eigenvalue weighted by Gasteiger charge is 2.52. The minimum atomic E-state index is -0.877. The van der Waals surface area contributed by atoms with Crippen LogP contribution >= 0.6 is 11.3 Å². The van der Waals surface area contributed by atoms with Gasteiger partial charge in [0.25, 0.3) is 5.91 Å². The Morgan fingerprint density at radius 3 is 2.55 bits per heavy atom. The van der Waals surface area contributed by atoms with Gasteiger partial charge in [-0.15, -0.1) is 11.3 Å². The number of nitrogens with one attached hydrogen (secondary N) is 1. The van der Waals surface area contributed by atoms with Crippen LogP contribution in [0.15, 0.2) is 41.8 Å². The van der Waals surface area contributed by atoms with Gasteiger partial charge < -0.3 is 10.2 Å². The number of carbonyl (C=O) groups is 3. The van der Waals surface area contributed by atoms with E-state index < -0.39 is 17.4 Å². The Balaban J connectivity index is 1.52. The van der Waals surface area contributed by atoms with Crippen LogP contribution in [0.4, 0.5) is 14.9 Å². The molecule has 1 saturated heterocycles. The van der Waals surface area contributed by atoms with Crippen molar-refractivity contribution in [3.8, 4) is 0 Å². The number of anilines is 1. The van der Waals surface area contributed by atoms with Crippen molar-refractivity contribution < 1.29 is 18.8 Å². The molecular formula is C23H26FN3O3S. The van der Waals surface area contributed by atoms with Gasteiger partial charge in [0.2, 0.25) is 5.91 Å². The molecule has 1 spiro atoms. The largest absolute Gasteiger partial charge is 0.325 e. The smallest absolute Gasteiger partial charge is 0.323 e. The Bertz CT molecular complexity index is 953. The van der Waals surface area contributed by atoms with Gasteiger partial charge in [0, 0.05) is 10.6 Å². The van der Waals surface area contributed by atoms with Gasteiger partial charge in [-0.05, 0) is 67.3 Å². The van der Waals surface area contributed by atoms with Crippen LogP contribution in [0.5, 0.6) is 0 Å². The molecule has 0 atom stereocenters. The molecule has 1 saturated carbocycles. The molecule has 164 valence electrons. The number of thiophene rings is 1. The van der Waals surface area contributed by atoms with Gasteiger partial charge >= 0.3 is 6.03 Å². The number of imide groups is 1. The average Bonchev–Trinajstić information content (AvgIpc) is 3.36. The summed E-state index contributed by atoms with van der Waals surface area (Å²) in [5.41, 5.74) is -0.359. The van der Waals surface area contributed by atoms with Crippen LogP contribution < -0.4 is 10.2 Å². The molecule has 2 heterocycles. The molecule has 4 rings (SSSR count). The molecule has 4 amide bonds. The van der Waals surface area contributed by atoms with Crippen molar-refractivity contribution in [3.63, 3.8) is 0 Å². The maximum absolute atomic E-state index is 13.4. The van der Waals surface area contributed by atoms with Gasteiger partial charge in [0.15, 0.2) is 0 Å². The number of rotatable bonds is 6. The number of carbonyl (C=O) groups excluding carboxylic acids is 3. The molecule has 0 unspecified atom stereocenters. The second kappa shape index (κ2) is 8.78. The topological polar surface area (TPSA) is 69.7 Å². The Morgan fingerprint density at radius 2 is 1.94 bits per heavy atom. The van der Waals surface area contributed by atoms with E-state index in [1.54, 1.807) is 0 Å². The highest BCUT2D eigenvalue weighted by Crippen LogP contribution is 2.37. The first kappa shape index (κ1) is 21.5. The fourth-order valence-electron chi connectivity index (χ4n) is 4.46. The van der Waals surface area contributed by atoms with Crippen molar-refractivity contribution in [1.82, 2.24) is 10.2 Å². The Hall–Kier alpha value is -2.74. The third-order valence-corrected chi connectivity index (χ3v) is 7.27. The van der Waals surface area contributed by atoms with Crippen LogP contribution in [0.1, 0.15) is 43.9 Å². The highest BCUT2D eigenvalue weighted by molar-refractivity contribution is 7.09. The normalized spacial score (nSPS) is 23.3. The Morgan fingerprint density at radius 1 is 1.23 bits per heavy atom. The van der Waals surface area contributed by atoms with Gasteiger partial charge in [-0.2, -0.15) is 0 Å². The minimum absolute atomic E-state index is 0.287. The van der Waals surface area contributed by atoms with Gasteiger partial charge in [0.05, 0.1) is 6.54 Å². The molecule has 1 aromatic carbocycles. The molecular weight excluding hydrogens is 417 g/mol. The molecule has 1 aliphatic heterocycles. The van der Waals surface area contributed by atoms with Gasteiger partial charge in [-0.3, -0.25) is 14.5 Å². The van der Waals surface area contributed by atoms with Gasteiger partial charge in [0.1, 0.15) is 17.9 Å². The van der Waals surface area contributed by atoms with E-state index in [-0.39, 0.29) is 24.9 Å². The molecule has 2 fully saturated rings. The molecule has 1 aromatic heterocycles. The number of benzene rings is 1. The Labute approximate surface area is 185 Å². The van der Waals surface area contributed by atoms with Crippen LogP contribution in [0.2, 0.25) is 0 Å². The summed E-state index contributed by atoms with van der Waals surface area (Å²) in [5, 5.41) is 4.78. The van der Waals surface area contributed by atoms with Gasteiger partial charge in [-0.1, -0.05) is 19.4 Å². The maximum atomic E-state index is 13.4. The fourth-order valence-corrected chi connectivity index (χ4v) is 5.15. The standard InChI is InChI=1S/C23H26FN3O3S/c1-2-16-9-11-23(12-10-16)21(29)27(22(30)25-23)15-20(28)26(14-19-4-3-13-31-19)18-7-5-17(24)6-8-18/h3-8,13,16H,2,9-12,14-15H2,1H3,(H,25,30). The van der Waals surface area contributed by atoms with Crippen molar-refractivity contribution in [2.75, 3.05) is 11.4 Å². The summed E-state index contributed by atoms with van der Waals surface area (Å²) in [6, 6.07) is 8.92. The van der Waals surface area contributed by atoms with Crippen LogP contribution in [-0.4, -0.2) is 34.8 Å². The molecule has 1 aliphatic carbocycles. The number of hydrogen-bond acceptors (Lipinski definition) is 4. The summed E-state index contributed by atoms with van der Waals surface area (Å²) in [6.45, 7) is 2.09. The predicted molar refractivity (Wildman–Crippen MR) is 117 cm³/mol. The summed E-state index contributed by atoms with van der Waals surface area (Å²) in [5.74, 6) is -0.518. The average molecular weight is 444 g/mol. The lowest BCUT2D eigenvalue weighted by Crippen LogP contribution is -2.50. The summed E-state index contributed by atoms with van der Waals surface area (Å²) >= 11 is 1.50. The lowest BCUT2D eigenvalue weighted by molar-refractivity contribution is -0.135. The molecule has 31 heavy (non-hydrogen) atoms. The van der Waals surface area contributed by atoms with E-state index in [4.69, 9.17) is 0 Å². The lowest BCUT2D eigenvalue weighted by atomic mass is 9.75. The van der Waals surface area contributed by atoms with E-state index in [2.05, 4.69) is 12.2 Å². The fraction of sp³-hybridized carbons (Fsp3) is 0.435. The minimum Gasteiger partial charge on any atom is -0.323 e. The van der Waals surface area contributed by atoms with E-state index in [0.29, 0.717) is 24.4 Å². The lowest BCUT2D eigenvalue weighted by Gasteiger charge is -2.34. The second-order valence-corrected chi connectivity index (χ2v) is 9.32. The number of halogens is 1. The van der Waals surface area contributed by atoms with Crippen molar-refractivity contribution in [3.05, 3.63) is 52.5 Å². The second-order valence-electron chi connectivity index (χ2n) is 8.29. The molecule has 2 aromatic rings. The van der Waals surface area contributed by atoms with Crippen LogP contribution in [0.3, 0.4) is 0 Å². The molecule has 0 bridgehead atoms. The molecule has 8 heteroatoms.